The molecule has 2 N–H and O–H groups in total. The van der Waals surface area contributed by atoms with Gasteiger partial charge in [-0.1, -0.05) is 24.3 Å². The van der Waals surface area contributed by atoms with Crippen LogP contribution < -0.4 is 10.6 Å². The fraction of sp³-hybridized carbons (Fsp3) is 0.588. The summed E-state index contributed by atoms with van der Waals surface area (Å²) in [6.07, 6.45) is 4.45. The Bertz CT molecular complexity index is 475. The summed E-state index contributed by atoms with van der Waals surface area (Å²) in [6.45, 7) is 5.35. The van der Waals surface area contributed by atoms with E-state index < -0.39 is 0 Å². The molecule has 1 aliphatic heterocycles. The third-order valence-electron chi connectivity index (χ3n) is 3.98. The average molecular weight is 321 g/mol. The summed E-state index contributed by atoms with van der Waals surface area (Å²) >= 11 is 1.84. The number of guanidine groups is 1. The van der Waals surface area contributed by atoms with Gasteiger partial charge < -0.3 is 10.6 Å². The molecule has 0 spiro atoms. The van der Waals surface area contributed by atoms with Gasteiger partial charge in [-0.25, -0.2) is 0 Å². The number of benzene rings is 1. The van der Waals surface area contributed by atoms with Crippen LogP contribution in [0.25, 0.3) is 0 Å². The van der Waals surface area contributed by atoms with Crippen molar-refractivity contribution >= 4 is 17.7 Å². The van der Waals surface area contributed by atoms with E-state index in [1.54, 1.807) is 0 Å². The highest BCUT2D eigenvalue weighted by atomic mass is 32.2. The summed E-state index contributed by atoms with van der Waals surface area (Å²) in [4.78, 5) is 6.80. The maximum atomic E-state index is 4.25. The van der Waals surface area contributed by atoms with Crippen molar-refractivity contribution in [3.63, 3.8) is 0 Å². The lowest BCUT2D eigenvalue weighted by atomic mass is 10.00. The lowest BCUT2D eigenvalue weighted by molar-refractivity contribution is 0.251. The van der Waals surface area contributed by atoms with Crippen LogP contribution in [-0.2, 0) is 13.0 Å². The van der Waals surface area contributed by atoms with Crippen molar-refractivity contribution in [2.75, 3.05) is 45.2 Å². The van der Waals surface area contributed by atoms with Crippen LogP contribution in [-0.4, -0.2) is 56.1 Å². The molecule has 0 aliphatic carbocycles. The van der Waals surface area contributed by atoms with E-state index in [1.165, 1.54) is 24.1 Å². The Morgan fingerprint density at radius 2 is 2.00 bits per heavy atom. The van der Waals surface area contributed by atoms with Crippen molar-refractivity contribution in [1.82, 2.24) is 15.5 Å². The van der Waals surface area contributed by atoms with Gasteiger partial charge in [-0.05, 0) is 30.2 Å². The minimum absolute atomic E-state index is 0.915. The monoisotopic (exact) mass is 320 g/mol. The largest absolute Gasteiger partial charge is 0.356 e. The Morgan fingerprint density at radius 1 is 1.23 bits per heavy atom. The highest BCUT2D eigenvalue weighted by Gasteiger charge is 2.14. The van der Waals surface area contributed by atoms with Crippen LogP contribution in [0.4, 0.5) is 0 Å². The zero-order valence-corrected chi connectivity index (χ0v) is 14.6. The van der Waals surface area contributed by atoms with Gasteiger partial charge in [-0.15, -0.1) is 0 Å². The van der Waals surface area contributed by atoms with E-state index in [0.717, 1.165) is 44.3 Å². The molecule has 0 amide bonds. The third-order valence-corrected chi connectivity index (χ3v) is 4.59. The number of aliphatic imine (C=N–C) groups is 1. The number of rotatable bonds is 7. The summed E-state index contributed by atoms with van der Waals surface area (Å²) in [7, 11) is 1.83. The molecule has 0 aromatic heterocycles. The standard InChI is InChI=1S/C17H28N4S/c1-18-17(20-10-13-22-2)19-9-5-11-21-12-8-15-6-3-4-7-16(15)14-21/h3-4,6-7H,5,8-14H2,1-2H3,(H2,18,19,20). The molecule has 0 saturated carbocycles. The Kier molecular flexibility index (Phi) is 7.60. The highest BCUT2D eigenvalue weighted by molar-refractivity contribution is 7.98. The molecular weight excluding hydrogens is 292 g/mol. The molecule has 0 saturated heterocycles. The van der Waals surface area contributed by atoms with Gasteiger partial charge in [0.1, 0.15) is 0 Å². The van der Waals surface area contributed by atoms with Gasteiger partial charge in [0.25, 0.3) is 0 Å². The number of nitrogens with zero attached hydrogens (tertiary/aromatic N) is 2. The van der Waals surface area contributed by atoms with E-state index in [0.29, 0.717) is 0 Å². The lowest BCUT2D eigenvalue weighted by Gasteiger charge is -2.28. The van der Waals surface area contributed by atoms with Gasteiger partial charge in [0, 0.05) is 45.5 Å². The van der Waals surface area contributed by atoms with Gasteiger partial charge in [0.2, 0.25) is 0 Å². The number of hydrogen-bond acceptors (Lipinski definition) is 3. The van der Waals surface area contributed by atoms with E-state index in [1.807, 2.05) is 18.8 Å². The summed E-state index contributed by atoms with van der Waals surface area (Å²) in [5.74, 6) is 2.02. The van der Waals surface area contributed by atoms with Gasteiger partial charge in [-0.3, -0.25) is 9.89 Å². The topological polar surface area (TPSA) is 39.7 Å². The van der Waals surface area contributed by atoms with E-state index in [2.05, 4.69) is 51.0 Å². The van der Waals surface area contributed by atoms with Crippen LogP contribution in [0.2, 0.25) is 0 Å². The number of hydrogen-bond donors (Lipinski definition) is 2. The Labute approximate surface area is 138 Å². The molecule has 1 aromatic carbocycles. The molecule has 1 heterocycles. The van der Waals surface area contributed by atoms with Crippen molar-refractivity contribution in [2.45, 2.75) is 19.4 Å². The molecule has 22 heavy (non-hydrogen) atoms. The molecule has 0 fully saturated rings. The first kappa shape index (κ1) is 17.2. The zero-order valence-electron chi connectivity index (χ0n) is 13.8. The summed E-state index contributed by atoms with van der Waals surface area (Å²) in [5.41, 5.74) is 3.02. The first-order valence-electron chi connectivity index (χ1n) is 8.06. The first-order chi connectivity index (χ1) is 10.8. The van der Waals surface area contributed by atoms with E-state index in [4.69, 9.17) is 0 Å². The van der Waals surface area contributed by atoms with Crippen molar-refractivity contribution in [2.24, 2.45) is 4.99 Å². The minimum atomic E-state index is 0.915. The SMILES string of the molecule is CN=C(NCCCN1CCc2ccccc2C1)NCCSC. The molecule has 1 aliphatic rings. The van der Waals surface area contributed by atoms with Crippen molar-refractivity contribution < 1.29 is 0 Å². The Hall–Kier alpha value is -1.20. The van der Waals surface area contributed by atoms with Crippen LogP contribution in [0.3, 0.4) is 0 Å². The van der Waals surface area contributed by atoms with Crippen molar-refractivity contribution in [3.05, 3.63) is 35.4 Å². The van der Waals surface area contributed by atoms with Gasteiger partial charge >= 0.3 is 0 Å². The molecule has 0 unspecified atom stereocenters. The molecule has 122 valence electrons. The summed E-state index contributed by atoms with van der Waals surface area (Å²) in [6, 6.07) is 8.82. The quantitative estimate of drug-likeness (QED) is 0.458. The lowest BCUT2D eigenvalue weighted by Crippen LogP contribution is -2.40. The van der Waals surface area contributed by atoms with E-state index in [9.17, 15) is 0 Å². The molecule has 0 atom stereocenters. The first-order valence-corrected chi connectivity index (χ1v) is 9.45. The average Bonchev–Trinajstić information content (AvgIpc) is 2.57. The van der Waals surface area contributed by atoms with Crippen LogP contribution in [0, 0.1) is 0 Å². The molecule has 5 heteroatoms. The van der Waals surface area contributed by atoms with Gasteiger partial charge in [0.05, 0.1) is 0 Å². The smallest absolute Gasteiger partial charge is 0.191 e. The molecule has 2 rings (SSSR count). The van der Waals surface area contributed by atoms with Crippen LogP contribution in [0.5, 0.6) is 0 Å². The number of thioether (sulfide) groups is 1. The highest BCUT2D eigenvalue weighted by Crippen LogP contribution is 2.18. The zero-order chi connectivity index (χ0) is 15.6. The van der Waals surface area contributed by atoms with Crippen LogP contribution in [0.1, 0.15) is 17.5 Å². The van der Waals surface area contributed by atoms with Crippen LogP contribution >= 0.6 is 11.8 Å². The maximum Gasteiger partial charge on any atom is 0.191 e. The van der Waals surface area contributed by atoms with Gasteiger partial charge in [0.15, 0.2) is 5.96 Å². The van der Waals surface area contributed by atoms with Crippen molar-refractivity contribution in [3.8, 4) is 0 Å². The van der Waals surface area contributed by atoms with Crippen molar-refractivity contribution in [1.29, 1.82) is 0 Å². The normalized spacial score (nSPS) is 15.5. The van der Waals surface area contributed by atoms with E-state index in [-0.39, 0.29) is 0 Å². The summed E-state index contributed by atoms with van der Waals surface area (Å²) in [5, 5.41) is 6.72. The molecule has 0 bridgehead atoms. The Balaban J connectivity index is 1.63. The maximum absolute atomic E-state index is 4.25. The predicted octanol–water partition coefficient (Wildman–Crippen LogP) is 1.96. The van der Waals surface area contributed by atoms with Gasteiger partial charge in [-0.2, -0.15) is 11.8 Å². The second-order valence-electron chi connectivity index (χ2n) is 5.57. The molecule has 0 radical (unpaired) electrons. The molecule has 4 nitrogen and oxygen atoms in total. The summed E-state index contributed by atoms with van der Waals surface area (Å²) < 4.78 is 0. The third kappa shape index (κ3) is 5.54. The fourth-order valence-electron chi connectivity index (χ4n) is 2.75. The van der Waals surface area contributed by atoms with E-state index >= 15 is 0 Å². The molecule has 1 aromatic rings. The second kappa shape index (κ2) is 9.74. The second-order valence-corrected chi connectivity index (χ2v) is 6.55. The van der Waals surface area contributed by atoms with Crippen LogP contribution in [0.15, 0.2) is 29.3 Å². The Morgan fingerprint density at radius 3 is 2.77 bits per heavy atom. The minimum Gasteiger partial charge on any atom is -0.356 e. The number of fused-ring (bicyclic) bond motifs is 1. The fourth-order valence-corrected chi connectivity index (χ4v) is 3.05. The predicted molar refractivity (Wildman–Crippen MR) is 97.8 cm³/mol. The molecular formula is C17H28N4S. The number of nitrogens with one attached hydrogen (secondary N) is 2.